The fourth-order valence-corrected chi connectivity index (χ4v) is 3.98. The topological polar surface area (TPSA) is 114 Å². The molecule has 34 heavy (non-hydrogen) atoms. The maximum Gasteiger partial charge on any atom is 0.270 e. The minimum Gasteiger partial charge on any atom is -0.593 e. The summed E-state index contributed by atoms with van der Waals surface area (Å²) in [4.78, 5) is 13.0. The zero-order chi connectivity index (χ0) is 24.5. The molecule has 0 aliphatic carbocycles. The van der Waals surface area contributed by atoms with Crippen LogP contribution in [0.2, 0.25) is 0 Å². The number of anilines is 1. The van der Waals surface area contributed by atoms with Crippen LogP contribution in [0.3, 0.4) is 0 Å². The van der Waals surface area contributed by atoms with E-state index in [1.165, 1.54) is 0 Å². The van der Waals surface area contributed by atoms with Crippen molar-refractivity contribution in [3.8, 4) is 11.4 Å². The summed E-state index contributed by atoms with van der Waals surface area (Å²) in [7, 11) is 1.59. The number of methoxy groups -OCH3 is 1. The van der Waals surface area contributed by atoms with E-state index in [4.69, 9.17) is 4.74 Å². The molecule has 10 heteroatoms. The lowest BCUT2D eigenvalue weighted by molar-refractivity contribution is 0.338. The van der Waals surface area contributed by atoms with E-state index in [-0.39, 0.29) is 11.2 Å². The van der Waals surface area contributed by atoms with Gasteiger partial charge in [-0.25, -0.2) is 9.97 Å². The van der Waals surface area contributed by atoms with Crippen LogP contribution in [0.25, 0.3) is 17.6 Å². The third-order valence-electron chi connectivity index (χ3n) is 5.05. The van der Waals surface area contributed by atoms with Crippen LogP contribution in [-0.2, 0) is 16.1 Å². The number of hydrogen-bond acceptors (Lipinski definition) is 8. The number of pyridine rings is 1. The second-order valence-electron chi connectivity index (χ2n) is 7.77. The first-order chi connectivity index (χ1) is 16.4. The molecule has 3 rings (SSSR count). The normalized spacial score (nSPS) is 14.6. The van der Waals surface area contributed by atoms with Crippen LogP contribution in [0.5, 0.6) is 0 Å². The van der Waals surface area contributed by atoms with E-state index in [1.807, 2.05) is 52.0 Å². The van der Waals surface area contributed by atoms with Crippen LogP contribution >= 0.6 is 0 Å². The van der Waals surface area contributed by atoms with Gasteiger partial charge in [-0.1, -0.05) is 19.1 Å². The van der Waals surface area contributed by atoms with Gasteiger partial charge >= 0.3 is 0 Å². The van der Waals surface area contributed by atoms with E-state index in [1.54, 1.807) is 55.0 Å². The SMILES string of the molecule is CO/C=C/C=C\C=C\n1c(N[S+]([O-])C(C)C(C)c2ncc(C)cn2)nnc1-c1cncc(C)c1. The largest absolute Gasteiger partial charge is 0.593 e. The van der Waals surface area contributed by atoms with Gasteiger partial charge in [0.05, 0.1) is 30.7 Å². The molecular weight excluding hydrogens is 450 g/mol. The third-order valence-corrected chi connectivity index (χ3v) is 6.52. The Labute approximate surface area is 203 Å². The zero-order valence-electron chi connectivity index (χ0n) is 19.9. The number of aryl methyl sites for hydroxylation is 2. The van der Waals surface area contributed by atoms with E-state index in [2.05, 4.69) is 29.9 Å². The van der Waals surface area contributed by atoms with Gasteiger partial charge in [-0.2, -0.15) is 4.72 Å². The van der Waals surface area contributed by atoms with Crippen molar-refractivity contribution in [1.82, 2.24) is 29.7 Å². The molecule has 178 valence electrons. The molecule has 0 aliphatic rings. The fourth-order valence-electron chi connectivity index (χ4n) is 2.98. The van der Waals surface area contributed by atoms with Crippen molar-refractivity contribution in [2.45, 2.75) is 38.9 Å². The van der Waals surface area contributed by atoms with Crippen molar-refractivity contribution in [2.75, 3.05) is 11.8 Å². The minimum absolute atomic E-state index is 0.128. The summed E-state index contributed by atoms with van der Waals surface area (Å²) in [6.45, 7) is 7.75. The Balaban J connectivity index is 1.86. The van der Waals surface area contributed by atoms with Gasteiger partial charge in [-0.3, -0.25) is 9.55 Å². The molecule has 0 aliphatic heterocycles. The number of rotatable bonds is 10. The van der Waals surface area contributed by atoms with E-state index in [0.29, 0.717) is 17.6 Å². The minimum atomic E-state index is -1.47. The van der Waals surface area contributed by atoms with Crippen LogP contribution in [0, 0.1) is 13.8 Å². The Kier molecular flexibility index (Phi) is 8.94. The Morgan fingerprint density at radius 2 is 1.74 bits per heavy atom. The highest BCUT2D eigenvalue weighted by Gasteiger charge is 2.30. The van der Waals surface area contributed by atoms with Crippen molar-refractivity contribution in [3.63, 3.8) is 0 Å². The molecule has 3 heterocycles. The number of nitrogens with zero attached hydrogens (tertiary/aromatic N) is 6. The van der Waals surface area contributed by atoms with Gasteiger partial charge in [0.15, 0.2) is 5.82 Å². The van der Waals surface area contributed by atoms with Crippen molar-refractivity contribution in [1.29, 1.82) is 0 Å². The predicted octanol–water partition coefficient (Wildman–Crippen LogP) is 4.20. The van der Waals surface area contributed by atoms with Crippen molar-refractivity contribution >= 4 is 23.5 Å². The quantitative estimate of drug-likeness (QED) is 0.261. The third kappa shape index (κ3) is 6.52. The monoisotopic (exact) mass is 479 g/mol. The Hall–Kier alpha value is -3.50. The van der Waals surface area contributed by atoms with Crippen LogP contribution in [0.4, 0.5) is 5.95 Å². The first-order valence-corrected chi connectivity index (χ1v) is 12.0. The molecule has 0 bridgehead atoms. The highest BCUT2D eigenvalue weighted by atomic mass is 32.2. The van der Waals surface area contributed by atoms with Crippen LogP contribution < -0.4 is 4.72 Å². The van der Waals surface area contributed by atoms with Gasteiger partial charge in [0.25, 0.3) is 5.95 Å². The molecule has 0 aromatic carbocycles. The van der Waals surface area contributed by atoms with Gasteiger partial charge < -0.3 is 9.29 Å². The summed E-state index contributed by atoms with van der Waals surface area (Å²) in [5.74, 6) is 1.46. The highest BCUT2D eigenvalue weighted by molar-refractivity contribution is 7.93. The number of aromatic nitrogens is 6. The molecule has 0 fully saturated rings. The first-order valence-electron chi connectivity index (χ1n) is 10.8. The van der Waals surface area contributed by atoms with E-state index < -0.39 is 11.4 Å². The molecule has 0 saturated carbocycles. The van der Waals surface area contributed by atoms with Gasteiger partial charge in [0, 0.05) is 36.6 Å². The summed E-state index contributed by atoms with van der Waals surface area (Å²) >= 11 is -1.47. The number of nitrogens with one attached hydrogen (secondary N) is 1. The van der Waals surface area contributed by atoms with Gasteiger partial charge in [-0.05, 0) is 50.1 Å². The van der Waals surface area contributed by atoms with E-state index in [9.17, 15) is 4.55 Å². The molecule has 3 unspecified atom stereocenters. The maximum absolute atomic E-state index is 13.2. The molecule has 0 amide bonds. The first kappa shape index (κ1) is 25.1. The summed E-state index contributed by atoms with van der Waals surface area (Å²) in [5, 5.41) is 8.30. The molecule has 0 radical (unpaired) electrons. The molecule has 9 nitrogen and oxygen atoms in total. The average molecular weight is 480 g/mol. The summed E-state index contributed by atoms with van der Waals surface area (Å²) in [5.41, 5.74) is 2.78. The Bertz CT molecular complexity index is 1160. The molecule has 1 N–H and O–H groups in total. The van der Waals surface area contributed by atoms with Crippen molar-refractivity contribution < 1.29 is 9.29 Å². The van der Waals surface area contributed by atoms with Gasteiger partial charge in [0.2, 0.25) is 0 Å². The van der Waals surface area contributed by atoms with Crippen LogP contribution in [-0.4, -0.2) is 46.6 Å². The molecule has 3 aromatic heterocycles. The van der Waals surface area contributed by atoms with E-state index >= 15 is 0 Å². The fraction of sp³-hybridized carbons (Fsp3) is 0.292. The molecule has 3 aromatic rings. The van der Waals surface area contributed by atoms with Crippen molar-refractivity contribution in [2.24, 2.45) is 0 Å². The number of ether oxygens (including phenoxy) is 1. The van der Waals surface area contributed by atoms with Crippen molar-refractivity contribution in [3.05, 3.63) is 78.4 Å². The Morgan fingerprint density at radius 1 is 1.00 bits per heavy atom. The second kappa shape index (κ2) is 12.1. The molecular formula is C24H29N7O2S. The Morgan fingerprint density at radius 3 is 2.44 bits per heavy atom. The highest BCUT2D eigenvalue weighted by Crippen LogP contribution is 2.25. The number of allylic oxidation sites excluding steroid dienone is 4. The molecule has 0 saturated heterocycles. The lowest BCUT2D eigenvalue weighted by Crippen LogP contribution is -2.31. The standard InChI is InChI=1S/C24H29N7O2S/c1-17-12-21(16-25-13-17)23-28-29-24(31(23)10-8-6-7-9-11-33-5)30-34(32)20(4)19(3)22-26-14-18(2)15-27-22/h6-16,19-20H,1-5H3,(H,29,30)/b7-6-,10-8+,11-9+. The maximum atomic E-state index is 13.2. The zero-order valence-corrected chi connectivity index (χ0v) is 20.7. The number of hydrogen-bond donors (Lipinski definition) is 1. The van der Waals surface area contributed by atoms with Crippen LogP contribution in [0.1, 0.15) is 36.7 Å². The average Bonchev–Trinajstić information content (AvgIpc) is 3.23. The van der Waals surface area contributed by atoms with Gasteiger partial charge in [-0.15, -0.1) is 10.2 Å². The lowest BCUT2D eigenvalue weighted by atomic mass is 10.1. The smallest absolute Gasteiger partial charge is 0.270 e. The summed E-state index contributed by atoms with van der Waals surface area (Å²) < 4.78 is 22.8. The molecule has 3 atom stereocenters. The molecule has 0 spiro atoms. The summed E-state index contributed by atoms with van der Waals surface area (Å²) in [6.07, 6.45) is 17.7. The summed E-state index contributed by atoms with van der Waals surface area (Å²) in [6, 6.07) is 1.97. The lowest BCUT2D eigenvalue weighted by Gasteiger charge is -2.22. The predicted molar refractivity (Wildman–Crippen MR) is 135 cm³/mol. The van der Waals surface area contributed by atoms with E-state index in [0.717, 1.165) is 16.7 Å². The van der Waals surface area contributed by atoms with Gasteiger partial charge in [0.1, 0.15) is 11.1 Å². The van der Waals surface area contributed by atoms with Crippen LogP contribution in [0.15, 0.2) is 61.4 Å². The second-order valence-corrected chi connectivity index (χ2v) is 9.31.